The highest BCUT2D eigenvalue weighted by Crippen LogP contribution is 2.35. The standard InChI is InChI=1S/C16H18N2O4S.C15H16N2O5S.C15H16N2O4S.CH4/c1-10(19)11-8-13-12(22-15(11)20)9-14(23-13)17(2)16(21)18-6-4-3-5-7-18;1-9(18)10-7-12-11(22-14(10)19)8-13(23-12)16(2)15(20)17-3-5-21-6-4-17;1-9(18)10-7-12-11(21-14(10)19)8-13(22-12)16(2)15(20)17-5-3-4-6-17;/h8-9,19H,1,3-7H2,2H3;7-8,18H,1,3-6H2,2H3;7-8,18H,1,3-6H2,2H3;1H4. The van der Waals surface area contributed by atoms with E-state index in [0.717, 1.165) is 58.3 Å². The van der Waals surface area contributed by atoms with Crippen molar-refractivity contribution in [1.29, 1.82) is 0 Å². The molecular formula is C47H54N6O13S3. The van der Waals surface area contributed by atoms with Crippen molar-refractivity contribution >= 4 is 115 Å². The molecule has 9 rings (SSSR count). The molecule has 6 aromatic heterocycles. The van der Waals surface area contributed by atoms with E-state index in [1.807, 2.05) is 9.80 Å². The first kappa shape index (κ1) is 51.5. The molecule has 6 aromatic rings. The predicted octanol–water partition coefficient (Wildman–Crippen LogP) is 9.37. The van der Waals surface area contributed by atoms with Gasteiger partial charge in [0.25, 0.3) is 0 Å². The van der Waals surface area contributed by atoms with Crippen LogP contribution in [0.2, 0.25) is 0 Å². The molecular weight excluding hydrogens is 953 g/mol. The van der Waals surface area contributed by atoms with Gasteiger partial charge < -0.3 is 48.0 Å². The number of amides is 6. The second kappa shape index (κ2) is 22.0. The van der Waals surface area contributed by atoms with Crippen molar-refractivity contribution in [2.45, 2.75) is 39.5 Å². The Kier molecular flexibility index (Phi) is 16.5. The van der Waals surface area contributed by atoms with Gasteiger partial charge in [0.05, 0.1) is 27.3 Å². The van der Waals surface area contributed by atoms with Crippen molar-refractivity contribution in [3.8, 4) is 0 Å². The predicted molar refractivity (Wildman–Crippen MR) is 273 cm³/mol. The topological polar surface area (TPSA) is 231 Å². The van der Waals surface area contributed by atoms with Crippen LogP contribution in [0.3, 0.4) is 0 Å². The zero-order valence-corrected chi connectivity index (χ0v) is 40.1. The fourth-order valence-corrected chi connectivity index (χ4v) is 10.4. The van der Waals surface area contributed by atoms with Gasteiger partial charge in [-0.2, -0.15) is 0 Å². The molecule has 69 heavy (non-hydrogen) atoms. The zero-order valence-electron chi connectivity index (χ0n) is 37.6. The molecule has 0 saturated carbocycles. The number of fused-ring (bicyclic) bond motifs is 3. The van der Waals surface area contributed by atoms with Crippen molar-refractivity contribution in [3.05, 3.63) is 104 Å². The Labute approximate surface area is 407 Å². The molecule has 3 N–H and O–H groups in total. The fraction of sp³-hybridized carbons (Fsp3) is 0.362. The lowest BCUT2D eigenvalue weighted by atomic mass is 10.1. The molecule has 368 valence electrons. The summed E-state index contributed by atoms with van der Waals surface area (Å²) in [6, 6.07) is 9.33. The summed E-state index contributed by atoms with van der Waals surface area (Å²) in [6.07, 6.45) is 5.28. The first-order valence-corrected chi connectivity index (χ1v) is 23.9. The summed E-state index contributed by atoms with van der Waals surface area (Å²) < 4.78 is 22.8. The fourth-order valence-electron chi connectivity index (χ4n) is 7.47. The number of anilines is 3. The Morgan fingerprint density at radius 1 is 0.493 bits per heavy atom. The maximum atomic E-state index is 12.5. The molecule has 0 spiro atoms. The minimum atomic E-state index is -0.656. The number of aliphatic hydroxyl groups excluding tert-OH is 3. The summed E-state index contributed by atoms with van der Waals surface area (Å²) >= 11 is 3.96. The van der Waals surface area contributed by atoms with E-state index in [1.165, 1.54) is 57.1 Å². The largest absolute Gasteiger partial charge is 0.508 e. The quantitative estimate of drug-likeness (QED) is 0.132. The average molecular weight is 1010 g/mol. The van der Waals surface area contributed by atoms with Crippen LogP contribution in [0, 0.1) is 0 Å². The number of aliphatic hydroxyl groups is 3. The lowest BCUT2D eigenvalue weighted by Gasteiger charge is -2.30. The molecule has 0 bridgehead atoms. The lowest BCUT2D eigenvalue weighted by molar-refractivity contribution is 0.0551. The minimum Gasteiger partial charge on any atom is -0.508 e. The highest BCUT2D eigenvalue weighted by molar-refractivity contribution is 7.23. The number of rotatable bonds is 6. The molecule has 19 nitrogen and oxygen atoms in total. The molecule has 3 saturated heterocycles. The monoisotopic (exact) mass is 1010 g/mol. The molecule has 0 radical (unpaired) electrons. The number of urea groups is 3. The summed E-state index contributed by atoms with van der Waals surface area (Å²) in [7, 11) is 5.09. The highest BCUT2D eigenvalue weighted by atomic mass is 32.1. The van der Waals surface area contributed by atoms with Gasteiger partial charge in [-0.05, 0) is 50.3 Å². The molecule has 3 aliphatic heterocycles. The van der Waals surface area contributed by atoms with Gasteiger partial charge in [0, 0.05) is 78.6 Å². The van der Waals surface area contributed by atoms with Gasteiger partial charge >= 0.3 is 35.0 Å². The van der Waals surface area contributed by atoms with Gasteiger partial charge in [-0.1, -0.05) is 27.2 Å². The van der Waals surface area contributed by atoms with Crippen LogP contribution in [0.15, 0.2) is 83.8 Å². The molecule has 3 aliphatic rings. The second-order valence-corrected chi connectivity index (χ2v) is 19.2. The van der Waals surface area contributed by atoms with Crippen LogP contribution in [0.25, 0.3) is 48.1 Å². The second-order valence-electron chi connectivity index (χ2n) is 16.0. The molecule has 0 aromatic carbocycles. The van der Waals surface area contributed by atoms with Crippen LogP contribution >= 0.6 is 34.0 Å². The van der Waals surface area contributed by atoms with Crippen molar-refractivity contribution in [2.75, 3.05) is 88.3 Å². The SMILES string of the molecule is C.C=C(O)c1cc2sc(N(C)C(=O)N3CCCC3)cc2oc1=O.C=C(O)c1cc2sc(N(C)C(=O)N3CCCCC3)cc2oc1=O.C=C(O)c1cc2sc(N(C)C(=O)N3CCOCC3)cc2oc1=O. The third kappa shape index (κ3) is 11.5. The zero-order chi connectivity index (χ0) is 49.0. The number of carbonyl (C=O) groups excluding carboxylic acids is 3. The van der Waals surface area contributed by atoms with Crippen molar-refractivity contribution in [3.63, 3.8) is 0 Å². The Morgan fingerprint density at radius 3 is 1.06 bits per heavy atom. The molecule has 0 unspecified atom stereocenters. The molecule has 0 atom stereocenters. The Bertz CT molecular complexity index is 2950. The Hall–Kier alpha value is -6.88. The third-order valence-electron chi connectivity index (χ3n) is 11.3. The van der Waals surface area contributed by atoms with Crippen molar-refractivity contribution in [2.24, 2.45) is 0 Å². The number of hydrogen-bond acceptors (Lipinski definition) is 16. The number of likely N-dealkylation sites (tertiary alicyclic amines) is 2. The molecule has 0 aliphatic carbocycles. The van der Waals surface area contributed by atoms with Gasteiger partial charge in [0.2, 0.25) is 0 Å². The van der Waals surface area contributed by atoms with Crippen LogP contribution < -0.4 is 31.6 Å². The van der Waals surface area contributed by atoms with E-state index in [-0.39, 0.29) is 59.5 Å². The van der Waals surface area contributed by atoms with E-state index in [4.69, 9.17) is 18.0 Å². The van der Waals surface area contributed by atoms with Crippen LogP contribution in [0.5, 0.6) is 0 Å². The molecule has 6 amide bonds. The van der Waals surface area contributed by atoms with E-state index in [9.17, 15) is 44.1 Å². The number of morpholine rings is 1. The summed E-state index contributed by atoms with van der Waals surface area (Å²) in [5.74, 6) is -0.992. The number of piperidine rings is 1. The smallest absolute Gasteiger partial charge is 0.347 e. The normalized spacial score (nSPS) is 14.6. The van der Waals surface area contributed by atoms with Gasteiger partial charge in [0.15, 0.2) is 16.7 Å². The Morgan fingerprint density at radius 2 is 0.768 bits per heavy atom. The summed E-state index contributed by atoms with van der Waals surface area (Å²) in [5, 5.41) is 30.3. The van der Waals surface area contributed by atoms with Crippen LogP contribution in [-0.2, 0) is 4.74 Å². The number of thiophene rings is 3. The van der Waals surface area contributed by atoms with E-state index < -0.39 is 16.9 Å². The third-order valence-corrected chi connectivity index (χ3v) is 14.7. The maximum Gasteiger partial charge on any atom is 0.347 e. The first-order valence-electron chi connectivity index (χ1n) is 21.4. The Balaban J connectivity index is 0.000000169. The first-order chi connectivity index (χ1) is 32.4. The number of ether oxygens (including phenoxy) is 1. The summed E-state index contributed by atoms with van der Waals surface area (Å²) in [4.78, 5) is 82.6. The lowest BCUT2D eigenvalue weighted by Crippen LogP contribution is -2.46. The van der Waals surface area contributed by atoms with Gasteiger partial charge in [0.1, 0.15) is 49.0 Å². The van der Waals surface area contributed by atoms with Crippen molar-refractivity contribution < 1.29 is 47.7 Å². The molecule has 9 heterocycles. The van der Waals surface area contributed by atoms with Crippen LogP contribution in [0.1, 0.15) is 56.2 Å². The molecule has 3 fully saturated rings. The number of hydrogen-bond donors (Lipinski definition) is 3. The number of carbonyl (C=O) groups is 3. The van der Waals surface area contributed by atoms with Crippen LogP contribution in [-0.4, -0.2) is 122 Å². The summed E-state index contributed by atoms with van der Waals surface area (Å²) in [5.41, 5.74) is -0.664. The molecule has 22 heteroatoms. The van der Waals surface area contributed by atoms with Gasteiger partial charge in [-0.25, -0.2) is 28.8 Å². The highest BCUT2D eigenvalue weighted by Gasteiger charge is 2.26. The van der Waals surface area contributed by atoms with Gasteiger partial charge in [-0.3, -0.25) is 14.7 Å². The maximum absolute atomic E-state index is 12.5. The number of nitrogens with zero attached hydrogens (tertiary/aromatic N) is 6. The van der Waals surface area contributed by atoms with Crippen molar-refractivity contribution in [1.82, 2.24) is 14.7 Å². The van der Waals surface area contributed by atoms with Crippen LogP contribution in [0.4, 0.5) is 29.4 Å². The van der Waals surface area contributed by atoms with E-state index in [2.05, 4.69) is 19.7 Å². The average Bonchev–Trinajstić information content (AvgIpc) is 4.17. The minimum absolute atomic E-state index is 0. The summed E-state index contributed by atoms with van der Waals surface area (Å²) in [6.45, 7) is 15.3. The van der Waals surface area contributed by atoms with Gasteiger partial charge in [-0.15, -0.1) is 34.0 Å². The van der Waals surface area contributed by atoms with E-state index >= 15 is 0 Å². The van der Waals surface area contributed by atoms with E-state index in [1.54, 1.807) is 54.0 Å². The van der Waals surface area contributed by atoms with E-state index in [0.29, 0.717) is 72.2 Å².